The van der Waals surface area contributed by atoms with Crippen molar-refractivity contribution in [1.82, 2.24) is 0 Å². The lowest BCUT2D eigenvalue weighted by Crippen LogP contribution is -2.20. The molecular weight excluding hydrogens is 296 g/mol. The molecule has 0 aromatic rings. The number of rotatable bonds is 6. The summed E-state index contributed by atoms with van der Waals surface area (Å²) in [5.74, 6) is -0.120. The first-order valence-electron chi connectivity index (χ1n) is 6.31. The lowest BCUT2D eigenvalue weighted by molar-refractivity contribution is -0.143. The molecular formula is C14H20O2S3. The van der Waals surface area contributed by atoms with E-state index in [0.717, 1.165) is 6.42 Å². The molecule has 0 unspecified atom stereocenters. The van der Waals surface area contributed by atoms with E-state index in [0.29, 0.717) is 13.0 Å². The summed E-state index contributed by atoms with van der Waals surface area (Å²) in [5.41, 5.74) is 0. The highest BCUT2D eigenvalue weighted by Gasteiger charge is 2.36. The molecule has 2 rings (SSSR count). The summed E-state index contributed by atoms with van der Waals surface area (Å²) in [6.45, 7) is 2.28. The Morgan fingerprint density at radius 1 is 1.11 bits per heavy atom. The number of ether oxygens (including phenoxy) is 1. The van der Waals surface area contributed by atoms with Crippen LogP contribution < -0.4 is 0 Å². The predicted molar refractivity (Wildman–Crippen MR) is 92.1 cm³/mol. The van der Waals surface area contributed by atoms with E-state index in [9.17, 15) is 4.79 Å². The molecule has 0 aromatic carbocycles. The fourth-order valence-corrected chi connectivity index (χ4v) is 7.85. The summed E-state index contributed by atoms with van der Waals surface area (Å²) in [7, 11) is -0.840. The molecule has 0 atom stereocenters. The number of carbonyl (C=O) groups excluding carboxylic acids is 1. The highest BCUT2D eigenvalue weighted by Crippen LogP contribution is 2.66. The molecule has 5 heteroatoms. The second-order valence-corrected chi connectivity index (χ2v) is 10.4. The number of carbonyl (C=O) groups is 1. The van der Waals surface area contributed by atoms with E-state index in [1.54, 1.807) is 0 Å². The molecule has 2 aliphatic heterocycles. The van der Waals surface area contributed by atoms with E-state index in [1.165, 1.54) is 0 Å². The van der Waals surface area contributed by atoms with Gasteiger partial charge in [0.25, 0.3) is 0 Å². The number of thiol groups is 3. The Balaban J connectivity index is 2.08. The molecule has 0 fully saturated rings. The minimum Gasteiger partial charge on any atom is -0.466 e. The van der Waals surface area contributed by atoms with Gasteiger partial charge in [0.15, 0.2) is 0 Å². The maximum absolute atomic E-state index is 11.6. The first kappa shape index (κ1) is 14.9. The maximum atomic E-state index is 11.6. The molecule has 0 spiro atoms. The van der Waals surface area contributed by atoms with Crippen molar-refractivity contribution in [2.45, 2.75) is 23.2 Å². The van der Waals surface area contributed by atoms with Gasteiger partial charge in [-0.25, -0.2) is 0 Å². The summed E-state index contributed by atoms with van der Waals surface area (Å²) in [5, 5.41) is 8.93. The first-order chi connectivity index (χ1) is 9.16. The summed E-state index contributed by atoms with van der Waals surface area (Å²) in [6, 6.07) is 0. The van der Waals surface area contributed by atoms with Crippen LogP contribution in [0.25, 0.3) is 0 Å². The van der Waals surface area contributed by atoms with Crippen molar-refractivity contribution in [2.75, 3.05) is 6.61 Å². The molecule has 106 valence electrons. The molecule has 0 N–H and O–H groups in total. The second kappa shape index (κ2) is 6.77. The SMILES string of the molecule is CCOC(=O)CCC(S)([SH]1C=CC=C1)[SH]1C=CC=C1. The highest BCUT2D eigenvalue weighted by atomic mass is 32.3. The zero-order valence-electron chi connectivity index (χ0n) is 10.9. The summed E-state index contributed by atoms with van der Waals surface area (Å²) < 4.78 is 4.90. The van der Waals surface area contributed by atoms with Gasteiger partial charge in [-0.3, -0.25) is 4.79 Å². The van der Waals surface area contributed by atoms with Crippen LogP contribution in [0.1, 0.15) is 19.8 Å². The van der Waals surface area contributed by atoms with Crippen molar-refractivity contribution < 1.29 is 9.53 Å². The van der Waals surface area contributed by atoms with E-state index >= 15 is 0 Å². The molecule has 0 aromatic heterocycles. The third-order valence-electron chi connectivity index (χ3n) is 3.01. The van der Waals surface area contributed by atoms with Gasteiger partial charge in [-0.1, -0.05) is 24.3 Å². The van der Waals surface area contributed by atoms with Gasteiger partial charge in [-0.15, -0.1) is 0 Å². The van der Waals surface area contributed by atoms with E-state index in [4.69, 9.17) is 17.4 Å². The molecule has 0 bridgehead atoms. The van der Waals surface area contributed by atoms with Gasteiger partial charge in [-0.05, 0) is 35.0 Å². The van der Waals surface area contributed by atoms with Crippen LogP contribution >= 0.6 is 34.4 Å². The van der Waals surface area contributed by atoms with Gasteiger partial charge in [0.05, 0.1) is 10.0 Å². The van der Waals surface area contributed by atoms with Gasteiger partial charge < -0.3 is 4.74 Å². The minimum absolute atomic E-state index is 0.120. The zero-order chi connectivity index (χ0) is 13.7. The predicted octanol–water partition coefficient (Wildman–Crippen LogP) is 4.00. The topological polar surface area (TPSA) is 26.3 Å². The van der Waals surface area contributed by atoms with Gasteiger partial charge >= 0.3 is 5.97 Å². The highest BCUT2D eigenvalue weighted by molar-refractivity contribution is 8.46. The number of hydrogen-bond donors (Lipinski definition) is 3. The van der Waals surface area contributed by atoms with Crippen molar-refractivity contribution >= 4 is 40.4 Å². The van der Waals surface area contributed by atoms with Gasteiger partial charge in [-0.2, -0.15) is 34.4 Å². The third-order valence-corrected chi connectivity index (χ3v) is 10.1. The Bertz CT molecular complexity index is 400. The molecule has 0 amide bonds. The first-order valence-corrected chi connectivity index (χ1v) is 9.72. The number of allylic oxidation sites excluding steroid dienone is 4. The standard InChI is InChI=1S/C14H20O2S3/c1-2-16-13(15)7-8-14(17,18-9-3-4-10-18)19-11-5-6-12-19/h3-6,9-12,17-19H,2,7-8H2,1H3. The van der Waals surface area contributed by atoms with Crippen LogP contribution in [0.4, 0.5) is 0 Å². The lowest BCUT2D eigenvalue weighted by Gasteiger charge is -2.41. The van der Waals surface area contributed by atoms with Crippen LogP contribution in [0.15, 0.2) is 45.9 Å². The van der Waals surface area contributed by atoms with Crippen molar-refractivity contribution in [3.05, 3.63) is 45.9 Å². The molecule has 0 radical (unpaired) electrons. The van der Waals surface area contributed by atoms with Crippen molar-refractivity contribution in [1.29, 1.82) is 0 Å². The van der Waals surface area contributed by atoms with Crippen molar-refractivity contribution in [2.24, 2.45) is 0 Å². The summed E-state index contributed by atoms with van der Waals surface area (Å²) in [4.78, 5) is 11.6. The molecule has 0 saturated heterocycles. The largest absolute Gasteiger partial charge is 0.466 e. The maximum Gasteiger partial charge on any atom is 0.305 e. The average Bonchev–Trinajstić information content (AvgIpc) is 3.08. The monoisotopic (exact) mass is 316 g/mol. The van der Waals surface area contributed by atoms with Crippen molar-refractivity contribution in [3.63, 3.8) is 0 Å². The summed E-state index contributed by atoms with van der Waals surface area (Å²) >= 11 is 5.00. The Hall–Kier alpha value is -0.520. The molecule has 0 saturated carbocycles. The Morgan fingerprint density at radius 2 is 1.58 bits per heavy atom. The molecule has 19 heavy (non-hydrogen) atoms. The smallest absolute Gasteiger partial charge is 0.305 e. The van der Waals surface area contributed by atoms with E-state index < -0.39 is 21.8 Å². The van der Waals surface area contributed by atoms with E-state index in [-0.39, 0.29) is 9.38 Å². The molecule has 0 aliphatic carbocycles. The average molecular weight is 317 g/mol. The van der Waals surface area contributed by atoms with Gasteiger partial charge in [0.1, 0.15) is 0 Å². The quantitative estimate of drug-likeness (QED) is 0.510. The van der Waals surface area contributed by atoms with Crippen LogP contribution in [-0.2, 0) is 9.53 Å². The third kappa shape index (κ3) is 3.52. The Labute approximate surface area is 125 Å². The lowest BCUT2D eigenvalue weighted by atomic mass is 10.3. The molecule has 2 heterocycles. The van der Waals surface area contributed by atoms with Crippen molar-refractivity contribution in [3.8, 4) is 0 Å². The van der Waals surface area contributed by atoms with Crippen LogP contribution in [0.3, 0.4) is 0 Å². The van der Waals surface area contributed by atoms with Crippen LogP contribution in [0.2, 0.25) is 0 Å². The number of hydrogen-bond acceptors (Lipinski definition) is 3. The van der Waals surface area contributed by atoms with Crippen LogP contribution in [0, 0.1) is 0 Å². The molecule has 2 aliphatic rings. The Morgan fingerprint density at radius 3 is 2.00 bits per heavy atom. The molecule has 2 nitrogen and oxygen atoms in total. The Kier molecular flexibility index (Phi) is 5.30. The number of esters is 1. The fourth-order valence-electron chi connectivity index (χ4n) is 2.04. The minimum atomic E-state index is -0.420. The van der Waals surface area contributed by atoms with Crippen LogP contribution in [-0.4, -0.2) is 16.0 Å². The fraction of sp³-hybridized carbons (Fsp3) is 0.357. The van der Waals surface area contributed by atoms with Crippen LogP contribution in [0.5, 0.6) is 0 Å². The van der Waals surface area contributed by atoms with E-state index in [1.807, 2.05) is 6.92 Å². The zero-order valence-corrected chi connectivity index (χ0v) is 13.6. The van der Waals surface area contributed by atoms with Gasteiger partial charge in [0, 0.05) is 6.42 Å². The second-order valence-electron chi connectivity index (χ2n) is 4.26. The summed E-state index contributed by atoms with van der Waals surface area (Å²) in [6.07, 6.45) is 9.54. The van der Waals surface area contributed by atoms with Gasteiger partial charge in [0.2, 0.25) is 0 Å². The normalized spacial score (nSPS) is 20.5. The van der Waals surface area contributed by atoms with E-state index in [2.05, 4.69) is 45.9 Å².